The van der Waals surface area contributed by atoms with Crippen molar-refractivity contribution < 1.29 is 9.47 Å². The molecule has 3 aromatic rings. The highest BCUT2D eigenvalue weighted by molar-refractivity contribution is 6.02. The van der Waals surface area contributed by atoms with E-state index < -0.39 is 0 Å². The number of hydrogen-bond donors (Lipinski definition) is 1. The van der Waals surface area contributed by atoms with E-state index in [1.807, 2.05) is 29.2 Å². The fourth-order valence-corrected chi connectivity index (χ4v) is 4.42. The predicted molar refractivity (Wildman–Crippen MR) is 119 cm³/mol. The van der Waals surface area contributed by atoms with E-state index in [0.29, 0.717) is 13.2 Å². The van der Waals surface area contributed by atoms with Crippen LogP contribution in [0.25, 0.3) is 16.8 Å². The van der Waals surface area contributed by atoms with Crippen molar-refractivity contribution in [2.75, 3.05) is 44.1 Å². The molecule has 0 saturated carbocycles. The molecule has 0 spiro atoms. The Bertz CT molecular complexity index is 1070. The van der Waals surface area contributed by atoms with Crippen LogP contribution in [0.1, 0.15) is 24.0 Å². The third kappa shape index (κ3) is 3.35. The SMILES string of the molecule is COc1c(OCCN2CCCC2)ccc2c(N)c3c(cc12)CN(n1ccnc1)C=C3. The molecule has 2 aromatic carbocycles. The highest BCUT2D eigenvalue weighted by atomic mass is 16.5. The third-order valence-corrected chi connectivity index (χ3v) is 6.01. The van der Waals surface area contributed by atoms with Crippen molar-refractivity contribution >= 4 is 22.5 Å². The molecule has 30 heavy (non-hydrogen) atoms. The van der Waals surface area contributed by atoms with Gasteiger partial charge in [0.1, 0.15) is 12.9 Å². The Hall–Kier alpha value is -3.19. The van der Waals surface area contributed by atoms with Gasteiger partial charge in [0, 0.05) is 47.2 Å². The van der Waals surface area contributed by atoms with Gasteiger partial charge in [-0.2, -0.15) is 0 Å². The van der Waals surface area contributed by atoms with Gasteiger partial charge in [0.2, 0.25) is 0 Å². The van der Waals surface area contributed by atoms with Crippen molar-refractivity contribution in [2.45, 2.75) is 19.4 Å². The van der Waals surface area contributed by atoms with Crippen LogP contribution in [-0.2, 0) is 6.54 Å². The molecule has 156 valence electrons. The minimum Gasteiger partial charge on any atom is -0.492 e. The van der Waals surface area contributed by atoms with Crippen molar-refractivity contribution in [2.24, 2.45) is 0 Å². The van der Waals surface area contributed by atoms with Gasteiger partial charge in [-0.1, -0.05) is 0 Å². The summed E-state index contributed by atoms with van der Waals surface area (Å²) in [6.45, 7) is 4.63. The summed E-state index contributed by atoms with van der Waals surface area (Å²) in [5, 5.41) is 4.05. The standard InChI is InChI=1S/C23H27N5O2/c1-29-23-20-14-17-15-27(28-11-7-25-16-28)10-6-18(17)22(24)19(20)4-5-21(23)30-13-12-26-8-2-3-9-26/h4-7,10-11,14,16H,2-3,8-9,12-13,15,24H2,1H3. The minimum atomic E-state index is 0.652. The summed E-state index contributed by atoms with van der Waals surface area (Å²) in [5.74, 6) is 1.51. The van der Waals surface area contributed by atoms with E-state index in [0.717, 1.165) is 45.6 Å². The van der Waals surface area contributed by atoms with Crippen LogP contribution in [0.5, 0.6) is 11.5 Å². The number of nitrogens with zero attached hydrogens (tertiary/aromatic N) is 4. The average molecular weight is 406 g/mol. The van der Waals surface area contributed by atoms with Crippen LogP contribution in [0.4, 0.5) is 5.69 Å². The second-order valence-corrected chi connectivity index (χ2v) is 7.81. The maximum Gasteiger partial charge on any atom is 0.168 e. The largest absolute Gasteiger partial charge is 0.492 e. The molecule has 0 aliphatic carbocycles. The zero-order chi connectivity index (χ0) is 20.5. The number of anilines is 1. The summed E-state index contributed by atoms with van der Waals surface area (Å²) in [6, 6.07) is 6.17. The molecule has 1 aromatic heterocycles. The zero-order valence-corrected chi connectivity index (χ0v) is 17.3. The molecule has 0 radical (unpaired) electrons. The van der Waals surface area contributed by atoms with Crippen molar-refractivity contribution in [3.8, 4) is 11.5 Å². The van der Waals surface area contributed by atoms with Crippen LogP contribution in [0.15, 0.2) is 43.1 Å². The number of benzene rings is 2. The van der Waals surface area contributed by atoms with Gasteiger partial charge in [-0.3, -0.25) is 9.91 Å². The van der Waals surface area contributed by atoms with Crippen molar-refractivity contribution in [3.63, 3.8) is 0 Å². The van der Waals surface area contributed by atoms with E-state index in [2.05, 4.69) is 27.0 Å². The molecule has 2 aliphatic heterocycles. The zero-order valence-electron chi connectivity index (χ0n) is 17.3. The molecular formula is C23H27N5O2. The van der Waals surface area contributed by atoms with E-state index in [1.54, 1.807) is 19.6 Å². The number of rotatable bonds is 6. The first kappa shape index (κ1) is 18.8. The number of nitrogen functional groups attached to an aromatic ring is 1. The monoisotopic (exact) mass is 405 g/mol. The maximum absolute atomic E-state index is 6.57. The smallest absolute Gasteiger partial charge is 0.168 e. The maximum atomic E-state index is 6.57. The Morgan fingerprint density at radius 1 is 1.17 bits per heavy atom. The van der Waals surface area contributed by atoms with Crippen LogP contribution in [0, 0.1) is 0 Å². The normalized spacial score (nSPS) is 16.2. The summed E-state index contributed by atoms with van der Waals surface area (Å²) < 4.78 is 13.9. The Morgan fingerprint density at radius 3 is 2.80 bits per heavy atom. The van der Waals surface area contributed by atoms with Gasteiger partial charge in [-0.25, -0.2) is 9.66 Å². The quantitative estimate of drug-likeness (QED) is 0.635. The minimum absolute atomic E-state index is 0.652. The van der Waals surface area contributed by atoms with Crippen LogP contribution in [0.3, 0.4) is 0 Å². The van der Waals surface area contributed by atoms with E-state index >= 15 is 0 Å². The second kappa shape index (κ2) is 7.91. The van der Waals surface area contributed by atoms with Crippen LogP contribution < -0.4 is 20.2 Å². The van der Waals surface area contributed by atoms with Gasteiger partial charge in [-0.15, -0.1) is 0 Å². The summed E-state index contributed by atoms with van der Waals surface area (Å²) in [4.78, 5) is 6.58. The number of aromatic nitrogens is 2. The number of ether oxygens (including phenoxy) is 2. The van der Waals surface area contributed by atoms with Gasteiger partial charge in [0.25, 0.3) is 0 Å². The lowest BCUT2D eigenvalue weighted by atomic mass is 9.96. The van der Waals surface area contributed by atoms with Crippen molar-refractivity contribution in [1.82, 2.24) is 14.6 Å². The van der Waals surface area contributed by atoms with E-state index in [4.69, 9.17) is 15.2 Å². The lowest BCUT2D eigenvalue weighted by Crippen LogP contribution is -2.29. The van der Waals surface area contributed by atoms with Crippen LogP contribution in [0.2, 0.25) is 0 Å². The van der Waals surface area contributed by atoms with Gasteiger partial charge in [0.15, 0.2) is 11.5 Å². The summed E-state index contributed by atoms with van der Waals surface area (Å²) in [6.07, 6.45) is 12.1. The highest BCUT2D eigenvalue weighted by Crippen LogP contribution is 2.41. The predicted octanol–water partition coefficient (Wildman–Crippen LogP) is 3.22. The third-order valence-electron chi connectivity index (χ3n) is 6.01. The second-order valence-electron chi connectivity index (χ2n) is 7.81. The Labute approximate surface area is 176 Å². The molecule has 0 amide bonds. The first-order valence-corrected chi connectivity index (χ1v) is 10.4. The number of methoxy groups -OCH3 is 1. The van der Waals surface area contributed by atoms with Gasteiger partial charge >= 0.3 is 0 Å². The molecule has 1 saturated heterocycles. The van der Waals surface area contributed by atoms with Crippen LogP contribution >= 0.6 is 0 Å². The number of fused-ring (bicyclic) bond motifs is 2. The molecule has 2 N–H and O–H groups in total. The molecule has 0 bridgehead atoms. The average Bonchev–Trinajstić information content (AvgIpc) is 3.48. The van der Waals surface area contributed by atoms with Gasteiger partial charge in [0.05, 0.1) is 13.7 Å². The molecule has 0 unspecified atom stereocenters. The molecular weight excluding hydrogens is 378 g/mol. The Morgan fingerprint density at radius 2 is 2.03 bits per heavy atom. The van der Waals surface area contributed by atoms with Crippen molar-refractivity contribution in [3.05, 3.63) is 54.2 Å². The molecule has 2 aliphatic rings. The highest BCUT2D eigenvalue weighted by Gasteiger charge is 2.20. The molecule has 7 heteroatoms. The lowest BCUT2D eigenvalue weighted by molar-refractivity contribution is 0.231. The number of nitrogens with two attached hydrogens (primary N) is 1. The van der Waals surface area contributed by atoms with Crippen molar-refractivity contribution in [1.29, 1.82) is 0 Å². The molecule has 5 rings (SSSR count). The molecule has 7 nitrogen and oxygen atoms in total. The fraction of sp³-hybridized carbons (Fsp3) is 0.348. The van der Waals surface area contributed by atoms with E-state index in [9.17, 15) is 0 Å². The molecule has 0 atom stereocenters. The summed E-state index contributed by atoms with van der Waals surface area (Å²) in [7, 11) is 1.69. The first-order chi connectivity index (χ1) is 14.7. The Kier molecular flexibility index (Phi) is 4.96. The Balaban J connectivity index is 1.46. The van der Waals surface area contributed by atoms with E-state index in [-0.39, 0.29) is 0 Å². The van der Waals surface area contributed by atoms with Gasteiger partial charge < -0.3 is 15.2 Å². The van der Waals surface area contributed by atoms with Crippen LogP contribution in [-0.4, -0.2) is 47.9 Å². The number of hydrogen-bond acceptors (Lipinski definition) is 6. The fourth-order valence-electron chi connectivity index (χ4n) is 4.42. The lowest BCUT2D eigenvalue weighted by Gasteiger charge is -2.27. The molecule has 3 heterocycles. The number of likely N-dealkylation sites (tertiary alicyclic amines) is 1. The van der Waals surface area contributed by atoms with E-state index in [1.165, 1.54) is 25.9 Å². The van der Waals surface area contributed by atoms with Gasteiger partial charge in [-0.05, 0) is 55.8 Å². The summed E-state index contributed by atoms with van der Waals surface area (Å²) in [5.41, 5.74) is 9.54. The summed E-state index contributed by atoms with van der Waals surface area (Å²) >= 11 is 0. The topological polar surface area (TPSA) is 68.8 Å². The first-order valence-electron chi connectivity index (χ1n) is 10.4. The molecule has 1 fully saturated rings. The number of imidazole rings is 1.